The van der Waals surface area contributed by atoms with Gasteiger partial charge in [-0.3, -0.25) is 4.79 Å². The summed E-state index contributed by atoms with van der Waals surface area (Å²) in [7, 11) is 0. The first-order chi connectivity index (χ1) is 11.2. The number of hydrogen-bond donors (Lipinski definition) is 1. The van der Waals surface area contributed by atoms with Crippen LogP contribution in [0, 0.1) is 22.7 Å². The highest BCUT2D eigenvalue weighted by Gasteiger charge is 2.18. The van der Waals surface area contributed by atoms with E-state index in [0.29, 0.717) is 23.0 Å². The monoisotopic (exact) mass is 300 g/mol. The number of nitrogens with zero attached hydrogens (tertiary/aromatic N) is 3. The number of aromatic amines is 1. The molecule has 1 aromatic heterocycles. The number of benzene rings is 2. The largest absolute Gasteiger partial charge is 0.319 e. The summed E-state index contributed by atoms with van der Waals surface area (Å²) in [5, 5.41) is 18.3. The second-order valence-corrected chi connectivity index (χ2v) is 5.17. The van der Waals surface area contributed by atoms with E-state index in [1.54, 1.807) is 18.2 Å². The van der Waals surface area contributed by atoms with E-state index in [2.05, 4.69) is 16.0 Å². The number of nitrogens with one attached hydrogen (secondary N) is 1. The number of hydrogen-bond acceptors (Lipinski definition) is 4. The van der Waals surface area contributed by atoms with Crippen molar-refractivity contribution >= 4 is 11.0 Å². The first kappa shape index (κ1) is 14.5. The van der Waals surface area contributed by atoms with E-state index in [1.807, 2.05) is 36.4 Å². The topological polar surface area (TPSA) is 93.3 Å². The van der Waals surface area contributed by atoms with Crippen molar-refractivity contribution in [2.45, 2.75) is 12.3 Å². The summed E-state index contributed by atoms with van der Waals surface area (Å²) < 4.78 is 0. The zero-order valence-corrected chi connectivity index (χ0v) is 12.2. The van der Waals surface area contributed by atoms with Gasteiger partial charge in [0.15, 0.2) is 0 Å². The van der Waals surface area contributed by atoms with E-state index in [0.717, 1.165) is 5.56 Å². The minimum atomic E-state index is -0.624. The maximum absolute atomic E-state index is 12.3. The first-order valence-electron chi connectivity index (χ1n) is 7.09. The fourth-order valence-electron chi connectivity index (χ4n) is 2.46. The fraction of sp³-hybridized carbons (Fsp3) is 0.111. The van der Waals surface area contributed by atoms with Crippen LogP contribution in [0.25, 0.3) is 11.0 Å². The van der Waals surface area contributed by atoms with Crippen LogP contribution in [0.1, 0.15) is 22.7 Å². The van der Waals surface area contributed by atoms with Gasteiger partial charge in [-0.15, -0.1) is 0 Å². The molecule has 0 aliphatic carbocycles. The maximum Gasteiger partial charge on any atom is 0.271 e. The van der Waals surface area contributed by atoms with Gasteiger partial charge in [0.05, 0.1) is 34.7 Å². The van der Waals surface area contributed by atoms with Gasteiger partial charge < -0.3 is 4.98 Å². The third kappa shape index (κ3) is 2.95. The first-order valence-corrected chi connectivity index (χ1v) is 7.09. The smallest absolute Gasteiger partial charge is 0.271 e. The molecule has 0 saturated heterocycles. The number of nitriles is 2. The Labute approximate surface area is 132 Å². The molecule has 0 radical (unpaired) electrons. The lowest BCUT2D eigenvalue weighted by atomic mass is 9.97. The predicted molar refractivity (Wildman–Crippen MR) is 85.6 cm³/mol. The van der Waals surface area contributed by atoms with Crippen molar-refractivity contribution < 1.29 is 0 Å². The van der Waals surface area contributed by atoms with Gasteiger partial charge in [0.2, 0.25) is 0 Å². The minimum Gasteiger partial charge on any atom is -0.319 e. The van der Waals surface area contributed by atoms with Crippen molar-refractivity contribution in [2.24, 2.45) is 0 Å². The van der Waals surface area contributed by atoms with E-state index in [4.69, 9.17) is 5.26 Å². The third-order valence-electron chi connectivity index (χ3n) is 3.62. The Bertz CT molecular complexity index is 993. The molecular formula is C18H12N4O. The molecule has 1 heterocycles. The minimum absolute atomic E-state index is 0.202. The number of fused-ring (bicyclic) bond motifs is 1. The van der Waals surface area contributed by atoms with Crippen molar-refractivity contribution in [3.63, 3.8) is 0 Å². The third-order valence-corrected chi connectivity index (χ3v) is 3.62. The van der Waals surface area contributed by atoms with Crippen LogP contribution in [0.4, 0.5) is 0 Å². The lowest BCUT2D eigenvalue weighted by molar-refractivity contribution is 0.801. The number of rotatable bonds is 3. The Balaban J connectivity index is 2.04. The van der Waals surface area contributed by atoms with Gasteiger partial charge in [-0.25, -0.2) is 4.98 Å². The van der Waals surface area contributed by atoms with E-state index >= 15 is 0 Å². The van der Waals surface area contributed by atoms with E-state index in [-0.39, 0.29) is 5.69 Å². The van der Waals surface area contributed by atoms with Crippen LogP contribution in [-0.4, -0.2) is 9.97 Å². The van der Waals surface area contributed by atoms with Crippen molar-refractivity contribution in [2.75, 3.05) is 0 Å². The normalized spacial score (nSPS) is 11.6. The molecule has 3 aromatic rings. The SMILES string of the molecule is N#Cc1ccc2nc(C(C#N)Cc3ccccc3)c(=O)[nH]c2c1. The Morgan fingerprint density at radius 1 is 1.13 bits per heavy atom. The van der Waals surface area contributed by atoms with Gasteiger partial charge in [-0.2, -0.15) is 10.5 Å². The molecule has 0 aliphatic rings. The molecule has 2 aromatic carbocycles. The molecule has 3 rings (SSSR count). The highest BCUT2D eigenvalue weighted by molar-refractivity contribution is 5.75. The Kier molecular flexibility index (Phi) is 3.86. The van der Waals surface area contributed by atoms with E-state index in [9.17, 15) is 10.1 Å². The molecular weight excluding hydrogens is 288 g/mol. The van der Waals surface area contributed by atoms with Gasteiger partial charge in [0, 0.05) is 0 Å². The van der Waals surface area contributed by atoms with Gasteiger partial charge >= 0.3 is 0 Å². The van der Waals surface area contributed by atoms with Crippen LogP contribution < -0.4 is 5.56 Å². The molecule has 0 spiro atoms. The van der Waals surface area contributed by atoms with Gasteiger partial charge in [-0.1, -0.05) is 30.3 Å². The molecule has 110 valence electrons. The van der Waals surface area contributed by atoms with Crippen LogP contribution in [-0.2, 0) is 6.42 Å². The zero-order valence-electron chi connectivity index (χ0n) is 12.2. The molecule has 0 fully saturated rings. The quantitative estimate of drug-likeness (QED) is 0.804. The second kappa shape index (κ2) is 6.13. The summed E-state index contributed by atoms with van der Waals surface area (Å²) in [6.45, 7) is 0. The standard InChI is InChI=1S/C18H12N4O/c19-10-13-6-7-15-16(9-13)22-18(23)17(21-15)14(11-20)8-12-4-2-1-3-5-12/h1-7,9,14H,8H2,(H,22,23). The summed E-state index contributed by atoms with van der Waals surface area (Å²) in [5.41, 5.74) is 2.29. The Morgan fingerprint density at radius 2 is 1.91 bits per heavy atom. The molecule has 5 nitrogen and oxygen atoms in total. The lowest BCUT2D eigenvalue weighted by Crippen LogP contribution is -2.19. The van der Waals surface area contributed by atoms with Crippen LogP contribution in [0.3, 0.4) is 0 Å². The second-order valence-electron chi connectivity index (χ2n) is 5.17. The zero-order chi connectivity index (χ0) is 16.2. The molecule has 0 amide bonds. The summed E-state index contributed by atoms with van der Waals surface area (Å²) in [6, 6.07) is 18.6. The average molecular weight is 300 g/mol. The fourth-order valence-corrected chi connectivity index (χ4v) is 2.46. The summed E-state index contributed by atoms with van der Waals surface area (Å²) in [6.07, 6.45) is 0.426. The molecule has 0 saturated carbocycles. The molecule has 0 aliphatic heterocycles. The average Bonchev–Trinajstić information content (AvgIpc) is 2.59. The lowest BCUT2D eigenvalue weighted by Gasteiger charge is -2.09. The van der Waals surface area contributed by atoms with E-state index in [1.165, 1.54) is 0 Å². The molecule has 0 bridgehead atoms. The molecule has 1 atom stereocenters. The van der Waals surface area contributed by atoms with Crippen LogP contribution in [0.15, 0.2) is 53.3 Å². The molecule has 1 unspecified atom stereocenters. The number of H-pyrrole nitrogens is 1. The highest BCUT2D eigenvalue weighted by Crippen LogP contribution is 2.18. The predicted octanol–water partition coefficient (Wildman–Crippen LogP) is 2.64. The summed E-state index contributed by atoms with van der Waals surface area (Å²) in [5.74, 6) is -0.624. The van der Waals surface area contributed by atoms with E-state index < -0.39 is 11.5 Å². The summed E-state index contributed by atoms with van der Waals surface area (Å²) >= 11 is 0. The van der Waals surface area contributed by atoms with Gasteiger partial charge in [-0.05, 0) is 30.2 Å². The van der Waals surface area contributed by atoms with Gasteiger partial charge in [0.25, 0.3) is 5.56 Å². The van der Waals surface area contributed by atoms with Gasteiger partial charge in [0.1, 0.15) is 5.69 Å². The summed E-state index contributed by atoms with van der Waals surface area (Å²) in [4.78, 5) is 19.3. The van der Waals surface area contributed by atoms with Crippen LogP contribution >= 0.6 is 0 Å². The maximum atomic E-state index is 12.3. The van der Waals surface area contributed by atoms with Crippen LogP contribution in [0.2, 0.25) is 0 Å². The number of aromatic nitrogens is 2. The Hall–Kier alpha value is -3.44. The van der Waals surface area contributed by atoms with Crippen molar-refractivity contribution in [3.05, 3.63) is 75.7 Å². The van der Waals surface area contributed by atoms with Crippen LogP contribution in [0.5, 0.6) is 0 Å². The molecule has 1 N–H and O–H groups in total. The molecule has 23 heavy (non-hydrogen) atoms. The van der Waals surface area contributed by atoms with Crippen molar-refractivity contribution in [1.29, 1.82) is 10.5 Å². The Morgan fingerprint density at radius 3 is 2.61 bits per heavy atom. The van der Waals surface area contributed by atoms with Crippen molar-refractivity contribution in [3.8, 4) is 12.1 Å². The van der Waals surface area contributed by atoms with Crippen molar-refractivity contribution in [1.82, 2.24) is 9.97 Å². The highest BCUT2D eigenvalue weighted by atomic mass is 16.1. The molecule has 5 heteroatoms.